The molecule has 0 aliphatic carbocycles. The first-order valence-corrected chi connectivity index (χ1v) is 2.54. The van der Waals surface area contributed by atoms with Crippen LogP contribution in [0.4, 0.5) is 5.82 Å². The fraction of sp³-hybridized carbons (Fsp3) is 0.200. The molecule has 0 saturated heterocycles. The van der Waals surface area contributed by atoms with E-state index in [2.05, 4.69) is 4.98 Å². The van der Waals surface area contributed by atoms with Crippen LogP contribution in [0.15, 0.2) is 12.3 Å². The van der Waals surface area contributed by atoms with Crippen LogP contribution in [0.2, 0.25) is 0 Å². The summed E-state index contributed by atoms with van der Waals surface area (Å²) in [7, 11) is 1.70. The minimum absolute atomic E-state index is 0.176. The van der Waals surface area contributed by atoms with E-state index in [9.17, 15) is 0 Å². The van der Waals surface area contributed by atoms with E-state index in [1.807, 2.05) is 0 Å². The highest BCUT2D eigenvalue weighted by molar-refractivity contribution is 5.24. The molecule has 4 nitrogen and oxygen atoms in total. The lowest BCUT2D eigenvalue weighted by Crippen LogP contribution is -2.21. The van der Waals surface area contributed by atoms with E-state index in [1.54, 1.807) is 13.1 Å². The molecule has 0 radical (unpaired) electrons. The van der Waals surface area contributed by atoms with E-state index < -0.39 is 0 Å². The normalized spacial score (nSPS) is 9.44. The summed E-state index contributed by atoms with van der Waals surface area (Å²) in [6.45, 7) is 0. The van der Waals surface area contributed by atoms with Crippen LogP contribution in [-0.2, 0) is 7.05 Å². The van der Waals surface area contributed by atoms with Gasteiger partial charge in [-0.2, -0.15) is 0 Å². The van der Waals surface area contributed by atoms with Gasteiger partial charge in [0.25, 0.3) is 0 Å². The van der Waals surface area contributed by atoms with Gasteiger partial charge in [0.2, 0.25) is 5.62 Å². The van der Waals surface area contributed by atoms with Crippen LogP contribution in [0.1, 0.15) is 0 Å². The van der Waals surface area contributed by atoms with Gasteiger partial charge in [0, 0.05) is 13.2 Å². The summed E-state index contributed by atoms with van der Waals surface area (Å²) in [4.78, 5) is 3.69. The zero-order chi connectivity index (χ0) is 6.85. The Hall–Kier alpha value is -1.32. The molecule has 0 unspecified atom stereocenters. The number of nitrogens with one attached hydrogen (secondary N) is 1. The molecule has 3 N–H and O–H groups in total. The van der Waals surface area contributed by atoms with Crippen LogP contribution in [0.25, 0.3) is 0 Å². The molecule has 1 heterocycles. The van der Waals surface area contributed by atoms with Crippen LogP contribution in [0, 0.1) is 5.41 Å². The Morgan fingerprint density at radius 1 is 1.78 bits per heavy atom. The van der Waals surface area contributed by atoms with Gasteiger partial charge in [0.1, 0.15) is 5.82 Å². The van der Waals surface area contributed by atoms with E-state index in [0.717, 1.165) is 0 Å². The summed E-state index contributed by atoms with van der Waals surface area (Å²) in [5.41, 5.74) is 5.60. The lowest BCUT2D eigenvalue weighted by molar-refractivity contribution is 0.774. The highest BCUT2D eigenvalue weighted by Crippen LogP contribution is 1.88. The number of hydrogen-bond acceptors (Lipinski definition) is 3. The number of nitrogen functional groups attached to an aromatic ring is 1. The largest absolute Gasteiger partial charge is 0.385 e. The quantitative estimate of drug-likeness (QED) is 0.488. The molecule has 1 rings (SSSR count). The molecular weight excluding hydrogens is 116 g/mol. The Morgan fingerprint density at radius 3 is 2.89 bits per heavy atom. The molecule has 1 aromatic rings. The zero-order valence-corrected chi connectivity index (χ0v) is 5.13. The average Bonchev–Trinajstić information content (AvgIpc) is 1.83. The smallest absolute Gasteiger partial charge is 0.223 e. The van der Waals surface area contributed by atoms with Crippen molar-refractivity contribution in [3.63, 3.8) is 0 Å². The monoisotopic (exact) mass is 124 g/mol. The van der Waals surface area contributed by atoms with Gasteiger partial charge in [0.05, 0.1) is 0 Å². The van der Waals surface area contributed by atoms with Crippen molar-refractivity contribution < 1.29 is 0 Å². The van der Waals surface area contributed by atoms with Gasteiger partial charge in [-0.05, 0) is 6.07 Å². The lowest BCUT2D eigenvalue weighted by Gasteiger charge is -1.99. The SMILES string of the molecule is Cn1c(N)ccnc1=N. The van der Waals surface area contributed by atoms with Crippen molar-refractivity contribution in [2.24, 2.45) is 7.05 Å². The van der Waals surface area contributed by atoms with E-state index in [0.29, 0.717) is 5.82 Å². The first kappa shape index (κ1) is 5.81. The number of rotatable bonds is 0. The van der Waals surface area contributed by atoms with E-state index in [4.69, 9.17) is 11.1 Å². The molecule has 0 bridgehead atoms. The molecule has 0 aromatic carbocycles. The van der Waals surface area contributed by atoms with Crippen molar-refractivity contribution >= 4 is 5.82 Å². The number of aromatic nitrogens is 2. The van der Waals surface area contributed by atoms with Gasteiger partial charge >= 0.3 is 0 Å². The lowest BCUT2D eigenvalue weighted by atomic mass is 10.6. The average molecular weight is 124 g/mol. The summed E-state index contributed by atoms with van der Waals surface area (Å²) in [5, 5.41) is 7.13. The molecule has 0 atom stereocenters. The van der Waals surface area contributed by atoms with Crippen LogP contribution in [0.3, 0.4) is 0 Å². The first-order valence-electron chi connectivity index (χ1n) is 2.54. The molecule has 4 heteroatoms. The summed E-state index contributed by atoms with van der Waals surface area (Å²) >= 11 is 0. The summed E-state index contributed by atoms with van der Waals surface area (Å²) < 4.78 is 1.50. The van der Waals surface area contributed by atoms with Gasteiger partial charge < -0.3 is 10.3 Å². The van der Waals surface area contributed by atoms with Gasteiger partial charge in [-0.25, -0.2) is 4.98 Å². The van der Waals surface area contributed by atoms with Crippen LogP contribution in [0.5, 0.6) is 0 Å². The first-order chi connectivity index (χ1) is 4.22. The van der Waals surface area contributed by atoms with E-state index in [-0.39, 0.29) is 5.62 Å². The highest BCUT2D eigenvalue weighted by atomic mass is 15.1. The molecule has 0 spiro atoms. The van der Waals surface area contributed by atoms with Crippen molar-refractivity contribution in [2.45, 2.75) is 0 Å². The van der Waals surface area contributed by atoms with Crippen LogP contribution >= 0.6 is 0 Å². The zero-order valence-electron chi connectivity index (χ0n) is 5.13. The third kappa shape index (κ3) is 0.910. The maximum absolute atomic E-state index is 7.13. The van der Waals surface area contributed by atoms with Crippen LogP contribution in [-0.4, -0.2) is 9.55 Å². The number of nitrogens with two attached hydrogens (primary N) is 1. The van der Waals surface area contributed by atoms with Gasteiger partial charge in [0.15, 0.2) is 0 Å². The standard InChI is InChI=1S/C5H8N4/c1-9-4(6)2-3-8-5(9)7/h2-3,7H,6H2,1H3. The number of nitrogens with zero attached hydrogens (tertiary/aromatic N) is 2. The van der Waals surface area contributed by atoms with E-state index in [1.165, 1.54) is 10.8 Å². The third-order valence-electron chi connectivity index (χ3n) is 1.15. The molecule has 0 aliphatic rings. The molecule has 0 fully saturated rings. The molecule has 9 heavy (non-hydrogen) atoms. The van der Waals surface area contributed by atoms with Crippen molar-refractivity contribution in [3.05, 3.63) is 17.9 Å². The third-order valence-corrected chi connectivity index (χ3v) is 1.15. The van der Waals surface area contributed by atoms with Crippen molar-refractivity contribution in [2.75, 3.05) is 5.73 Å². The second-order valence-corrected chi connectivity index (χ2v) is 1.75. The van der Waals surface area contributed by atoms with Crippen molar-refractivity contribution in [1.82, 2.24) is 9.55 Å². The van der Waals surface area contributed by atoms with Gasteiger partial charge in [-0.3, -0.25) is 5.41 Å². The Labute approximate surface area is 52.5 Å². The Morgan fingerprint density at radius 2 is 2.44 bits per heavy atom. The Balaban J connectivity index is 3.43. The summed E-state index contributed by atoms with van der Waals surface area (Å²) in [6, 6.07) is 1.65. The molecule has 0 amide bonds. The Bertz CT molecular complexity index is 262. The molecule has 0 saturated carbocycles. The predicted octanol–water partition coefficient (Wildman–Crippen LogP) is -0.518. The molecular formula is C5H8N4. The second kappa shape index (κ2) is 1.89. The maximum atomic E-state index is 7.13. The summed E-state index contributed by atoms with van der Waals surface area (Å²) in [5.74, 6) is 0.551. The topological polar surface area (TPSA) is 67.7 Å². The number of anilines is 1. The van der Waals surface area contributed by atoms with E-state index >= 15 is 0 Å². The molecule has 1 aromatic heterocycles. The molecule has 48 valence electrons. The Kier molecular flexibility index (Phi) is 1.22. The highest BCUT2D eigenvalue weighted by Gasteiger charge is 1.87. The van der Waals surface area contributed by atoms with Crippen molar-refractivity contribution in [1.29, 1.82) is 5.41 Å². The second-order valence-electron chi connectivity index (χ2n) is 1.75. The minimum Gasteiger partial charge on any atom is -0.385 e. The fourth-order valence-corrected chi connectivity index (χ4v) is 0.505. The van der Waals surface area contributed by atoms with Crippen molar-refractivity contribution in [3.8, 4) is 0 Å². The maximum Gasteiger partial charge on any atom is 0.223 e. The minimum atomic E-state index is 0.176. The molecule has 0 aliphatic heterocycles. The van der Waals surface area contributed by atoms with Crippen LogP contribution < -0.4 is 11.4 Å². The van der Waals surface area contributed by atoms with Gasteiger partial charge in [-0.15, -0.1) is 0 Å². The predicted molar refractivity (Wildman–Crippen MR) is 33.5 cm³/mol. The fourth-order valence-electron chi connectivity index (χ4n) is 0.505. The summed E-state index contributed by atoms with van der Waals surface area (Å²) in [6.07, 6.45) is 1.51. The number of hydrogen-bond donors (Lipinski definition) is 2. The van der Waals surface area contributed by atoms with Gasteiger partial charge in [-0.1, -0.05) is 0 Å².